The molecule has 1 aromatic carbocycles. The van der Waals surface area contributed by atoms with Crippen LogP contribution in [0.4, 0.5) is 0 Å². The summed E-state index contributed by atoms with van der Waals surface area (Å²) in [5, 5.41) is 0. The molecule has 0 amide bonds. The number of rotatable bonds is 8. The minimum Gasteiger partial charge on any atom is -0.461 e. The van der Waals surface area contributed by atoms with Gasteiger partial charge in [-0.3, -0.25) is 9.59 Å². The maximum atomic E-state index is 11.7. The number of carbonyl (C=O) groups excluding carboxylic acids is 2. The van der Waals surface area contributed by atoms with Gasteiger partial charge in [0, 0.05) is 13.3 Å². The van der Waals surface area contributed by atoms with E-state index in [-0.39, 0.29) is 11.8 Å². The first-order chi connectivity index (χ1) is 9.84. The number of hydrogen-bond donors (Lipinski definition) is 0. The van der Waals surface area contributed by atoms with Gasteiger partial charge in [-0.2, -0.15) is 0 Å². The zero-order valence-electron chi connectivity index (χ0n) is 13.2. The van der Waals surface area contributed by atoms with Gasteiger partial charge in [-0.05, 0) is 26.3 Å². The van der Waals surface area contributed by atoms with Crippen molar-refractivity contribution >= 4 is 11.8 Å². The first-order valence-corrected chi connectivity index (χ1v) is 7.14. The van der Waals surface area contributed by atoms with Crippen molar-refractivity contribution in [2.45, 2.75) is 46.8 Å². The van der Waals surface area contributed by atoms with Crippen LogP contribution in [0.1, 0.15) is 39.7 Å². The third-order valence-corrected chi connectivity index (χ3v) is 3.66. The first-order valence-electron chi connectivity index (χ1n) is 7.14. The van der Waals surface area contributed by atoms with Crippen LogP contribution in [-0.4, -0.2) is 24.5 Å². The molecular formula is C17H24O4. The van der Waals surface area contributed by atoms with E-state index in [0.29, 0.717) is 19.6 Å². The third kappa shape index (κ3) is 5.68. The number of esters is 1. The fourth-order valence-corrected chi connectivity index (χ4v) is 1.95. The van der Waals surface area contributed by atoms with E-state index in [4.69, 9.17) is 9.47 Å². The zero-order valence-corrected chi connectivity index (χ0v) is 13.2. The van der Waals surface area contributed by atoms with Crippen molar-refractivity contribution in [2.75, 3.05) is 6.61 Å². The van der Waals surface area contributed by atoms with E-state index in [1.807, 2.05) is 30.3 Å². The van der Waals surface area contributed by atoms with E-state index in [9.17, 15) is 9.59 Å². The molecule has 0 saturated heterocycles. The van der Waals surface area contributed by atoms with Crippen LogP contribution < -0.4 is 0 Å². The molecule has 0 radical (unpaired) electrons. The van der Waals surface area contributed by atoms with Crippen molar-refractivity contribution in [2.24, 2.45) is 5.41 Å². The Morgan fingerprint density at radius 1 is 1.14 bits per heavy atom. The molecule has 0 aliphatic carbocycles. The summed E-state index contributed by atoms with van der Waals surface area (Å²) in [6.45, 7) is 7.40. The standard InChI is InChI=1S/C17H24O4/c1-13(18)17(3,4)16(21-14(2)19)10-11-20-12-15-8-6-5-7-9-15/h5-9,16H,10-12H2,1-4H3. The molecule has 1 unspecified atom stereocenters. The fraction of sp³-hybridized carbons (Fsp3) is 0.529. The Hall–Kier alpha value is -1.68. The summed E-state index contributed by atoms with van der Waals surface area (Å²) in [5.41, 5.74) is 0.384. The van der Waals surface area contributed by atoms with E-state index < -0.39 is 11.5 Å². The minimum atomic E-state index is -0.707. The molecular weight excluding hydrogens is 268 g/mol. The lowest BCUT2D eigenvalue weighted by atomic mass is 9.81. The number of ketones is 1. The Balaban J connectivity index is 2.50. The molecule has 0 heterocycles. The number of ether oxygens (including phenoxy) is 2. The van der Waals surface area contributed by atoms with Gasteiger partial charge < -0.3 is 9.47 Å². The Labute approximate surface area is 126 Å². The summed E-state index contributed by atoms with van der Waals surface area (Å²) in [6, 6.07) is 9.85. The second-order valence-corrected chi connectivity index (χ2v) is 5.70. The fourth-order valence-electron chi connectivity index (χ4n) is 1.95. The Kier molecular flexibility index (Phi) is 6.56. The molecule has 1 aromatic rings. The first kappa shape index (κ1) is 17.4. The van der Waals surface area contributed by atoms with E-state index in [1.165, 1.54) is 13.8 Å². The molecule has 0 fully saturated rings. The van der Waals surface area contributed by atoms with Crippen molar-refractivity contribution in [1.82, 2.24) is 0 Å². The lowest BCUT2D eigenvalue weighted by Crippen LogP contribution is -2.39. The SMILES string of the molecule is CC(=O)OC(CCOCc1ccccc1)C(C)(C)C(C)=O. The van der Waals surface area contributed by atoms with E-state index in [1.54, 1.807) is 13.8 Å². The number of hydrogen-bond acceptors (Lipinski definition) is 4. The average molecular weight is 292 g/mol. The minimum absolute atomic E-state index is 0.00295. The predicted octanol–water partition coefficient (Wildman–Crippen LogP) is 3.14. The van der Waals surface area contributed by atoms with Crippen molar-refractivity contribution in [3.05, 3.63) is 35.9 Å². The molecule has 4 heteroatoms. The van der Waals surface area contributed by atoms with Gasteiger partial charge in [-0.1, -0.05) is 30.3 Å². The van der Waals surface area contributed by atoms with Crippen LogP contribution in [0.2, 0.25) is 0 Å². The highest BCUT2D eigenvalue weighted by atomic mass is 16.5. The average Bonchev–Trinajstić information content (AvgIpc) is 2.42. The molecule has 21 heavy (non-hydrogen) atoms. The molecule has 0 aromatic heterocycles. The highest BCUT2D eigenvalue weighted by molar-refractivity contribution is 5.82. The molecule has 116 valence electrons. The molecule has 0 bridgehead atoms. The Bertz CT molecular complexity index is 465. The molecule has 0 N–H and O–H groups in total. The van der Waals surface area contributed by atoms with Gasteiger partial charge >= 0.3 is 5.97 Å². The summed E-state index contributed by atoms with van der Waals surface area (Å²) < 4.78 is 10.9. The Morgan fingerprint density at radius 2 is 1.76 bits per heavy atom. The molecule has 4 nitrogen and oxygen atoms in total. The van der Waals surface area contributed by atoms with Gasteiger partial charge in [0.2, 0.25) is 0 Å². The van der Waals surface area contributed by atoms with Crippen molar-refractivity contribution in [3.63, 3.8) is 0 Å². The second-order valence-electron chi connectivity index (χ2n) is 5.70. The monoisotopic (exact) mass is 292 g/mol. The van der Waals surface area contributed by atoms with Gasteiger partial charge in [-0.25, -0.2) is 0 Å². The number of Topliss-reactive ketones (excluding diaryl/α,β-unsaturated/α-hetero) is 1. The summed E-state index contributed by atoms with van der Waals surface area (Å²) in [5.74, 6) is -0.380. The predicted molar refractivity (Wildman–Crippen MR) is 80.7 cm³/mol. The highest BCUT2D eigenvalue weighted by Crippen LogP contribution is 2.27. The highest BCUT2D eigenvalue weighted by Gasteiger charge is 2.36. The van der Waals surface area contributed by atoms with Crippen LogP contribution in [0.15, 0.2) is 30.3 Å². The molecule has 0 aliphatic heterocycles. The topological polar surface area (TPSA) is 52.6 Å². The van der Waals surface area contributed by atoms with E-state index in [2.05, 4.69) is 0 Å². The van der Waals surface area contributed by atoms with E-state index in [0.717, 1.165) is 5.56 Å². The summed E-state index contributed by atoms with van der Waals surface area (Å²) in [7, 11) is 0. The van der Waals surface area contributed by atoms with E-state index >= 15 is 0 Å². The summed E-state index contributed by atoms with van der Waals surface area (Å²) >= 11 is 0. The smallest absolute Gasteiger partial charge is 0.302 e. The van der Waals surface area contributed by atoms with Crippen molar-refractivity contribution in [3.8, 4) is 0 Å². The van der Waals surface area contributed by atoms with Crippen LogP contribution in [0.5, 0.6) is 0 Å². The Morgan fingerprint density at radius 3 is 2.29 bits per heavy atom. The molecule has 0 aliphatic rings. The molecule has 0 saturated carbocycles. The summed E-state index contributed by atoms with van der Waals surface area (Å²) in [6.07, 6.45) is 0.0298. The summed E-state index contributed by atoms with van der Waals surface area (Å²) in [4.78, 5) is 22.9. The largest absolute Gasteiger partial charge is 0.461 e. The molecule has 0 spiro atoms. The maximum absolute atomic E-state index is 11.7. The maximum Gasteiger partial charge on any atom is 0.302 e. The zero-order chi connectivity index (χ0) is 15.9. The number of carbonyl (C=O) groups is 2. The third-order valence-electron chi connectivity index (χ3n) is 3.66. The van der Waals surface area contributed by atoms with Gasteiger partial charge in [0.25, 0.3) is 0 Å². The van der Waals surface area contributed by atoms with Crippen LogP contribution in [0.25, 0.3) is 0 Å². The van der Waals surface area contributed by atoms with Gasteiger partial charge in [0.1, 0.15) is 11.9 Å². The lowest BCUT2D eigenvalue weighted by molar-refractivity contribution is -0.157. The van der Waals surface area contributed by atoms with Gasteiger partial charge in [-0.15, -0.1) is 0 Å². The van der Waals surface area contributed by atoms with Crippen LogP contribution >= 0.6 is 0 Å². The van der Waals surface area contributed by atoms with Crippen LogP contribution in [0, 0.1) is 5.41 Å². The van der Waals surface area contributed by atoms with Gasteiger partial charge in [0.05, 0.1) is 18.6 Å². The lowest BCUT2D eigenvalue weighted by Gasteiger charge is -2.31. The molecule has 1 rings (SSSR count). The van der Waals surface area contributed by atoms with Crippen molar-refractivity contribution in [1.29, 1.82) is 0 Å². The second kappa shape index (κ2) is 7.93. The normalized spacial score (nSPS) is 12.8. The van der Waals surface area contributed by atoms with Gasteiger partial charge in [0.15, 0.2) is 0 Å². The van der Waals surface area contributed by atoms with Crippen LogP contribution in [0.3, 0.4) is 0 Å². The van der Waals surface area contributed by atoms with Crippen LogP contribution in [-0.2, 0) is 25.7 Å². The number of benzene rings is 1. The molecule has 1 atom stereocenters. The quantitative estimate of drug-likeness (QED) is 0.545. The van der Waals surface area contributed by atoms with Crippen molar-refractivity contribution < 1.29 is 19.1 Å².